The molecular weight excluding hydrogens is 448 g/mol. The van der Waals surface area contributed by atoms with Gasteiger partial charge in [0.15, 0.2) is 0 Å². The van der Waals surface area contributed by atoms with Gasteiger partial charge in [-0.3, -0.25) is 19.3 Å². The molecule has 2 N–H and O–H groups in total. The van der Waals surface area contributed by atoms with Crippen LogP contribution < -0.4 is 0 Å². The van der Waals surface area contributed by atoms with Gasteiger partial charge in [0.25, 0.3) is 5.91 Å². The number of β-amino-alcohol motifs (C(OH)–C–C–N with tert-alkyl or cyclic N) is 2. The summed E-state index contributed by atoms with van der Waals surface area (Å²) in [5.41, 5.74) is -1.17. The first-order chi connectivity index (χ1) is 14.5. The molecule has 1 rings (SSSR count). The van der Waals surface area contributed by atoms with Gasteiger partial charge in [-0.1, -0.05) is 28.5 Å². The number of hydrogen-bond donors (Lipinski definition) is 2. The number of ether oxygens (including phenoxy) is 2. The van der Waals surface area contributed by atoms with E-state index in [1.165, 1.54) is 33.6 Å². The summed E-state index contributed by atoms with van der Waals surface area (Å²) in [6.45, 7) is 4.30. The number of carbonyl (C=O) groups excluding carboxylic acids is 4. The van der Waals surface area contributed by atoms with Crippen molar-refractivity contribution in [2.24, 2.45) is 0 Å². The lowest BCUT2D eigenvalue weighted by Crippen LogP contribution is -2.48. The van der Waals surface area contributed by atoms with Gasteiger partial charge in [-0.2, -0.15) is 0 Å². The van der Waals surface area contributed by atoms with E-state index in [-0.39, 0.29) is 32.1 Å². The van der Waals surface area contributed by atoms with Crippen LogP contribution in [-0.4, -0.2) is 99.9 Å². The van der Waals surface area contributed by atoms with Gasteiger partial charge in [-0.15, -0.1) is 0 Å². The van der Waals surface area contributed by atoms with Crippen molar-refractivity contribution in [2.75, 3.05) is 38.3 Å². The molecule has 1 saturated heterocycles. The summed E-state index contributed by atoms with van der Waals surface area (Å²) in [6, 6.07) is -0.590. The van der Waals surface area contributed by atoms with Crippen LogP contribution in [0.2, 0.25) is 0 Å². The number of methoxy groups -OCH3 is 1. The van der Waals surface area contributed by atoms with Gasteiger partial charge in [-0.05, 0) is 20.3 Å². The molecule has 0 saturated carbocycles. The van der Waals surface area contributed by atoms with Crippen LogP contribution in [0.25, 0.3) is 0 Å². The Morgan fingerprint density at radius 3 is 2.16 bits per heavy atom. The van der Waals surface area contributed by atoms with Gasteiger partial charge in [-0.25, -0.2) is 4.79 Å². The first kappa shape index (κ1) is 27.5. The van der Waals surface area contributed by atoms with Crippen molar-refractivity contribution in [1.29, 1.82) is 0 Å². The number of amides is 3. The monoisotopic (exact) mass is 480 g/mol. The van der Waals surface area contributed by atoms with E-state index in [1.54, 1.807) is 20.8 Å². The van der Waals surface area contributed by atoms with Crippen LogP contribution >= 0.6 is 21.6 Å². The second-order valence-electron chi connectivity index (χ2n) is 7.49. The van der Waals surface area contributed by atoms with E-state index >= 15 is 0 Å². The van der Waals surface area contributed by atoms with E-state index in [4.69, 9.17) is 4.74 Å². The molecule has 0 aromatic carbocycles. The second kappa shape index (κ2) is 13.1. The molecule has 0 bridgehead atoms. The number of urea groups is 1. The summed E-state index contributed by atoms with van der Waals surface area (Å²) in [5.74, 6) is -0.156. The largest absolute Gasteiger partial charge is 0.469 e. The van der Waals surface area contributed by atoms with Crippen molar-refractivity contribution >= 4 is 45.5 Å². The lowest BCUT2D eigenvalue weighted by atomic mass is 10.0. The zero-order valence-electron chi connectivity index (χ0n) is 18.4. The van der Waals surface area contributed by atoms with E-state index in [2.05, 4.69) is 4.74 Å². The zero-order valence-corrected chi connectivity index (χ0v) is 20.0. The molecule has 178 valence electrons. The highest BCUT2D eigenvalue weighted by molar-refractivity contribution is 8.76. The molecule has 12 heteroatoms. The summed E-state index contributed by atoms with van der Waals surface area (Å²) in [6.07, 6.45) is -1.13. The molecule has 3 amide bonds. The Labute approximate surface area is 190 Å². The van der Waals surface area contributed by atoms with E-state index < -0.39 is 35.7 Å². The van der Waals surface area contributed by atoms with Crippen LogP contribution in [0.4, 0.5) is 4.79 Å². The molecule has 0 aliphatic carbocycles. The fourth-order valence-electron chi connectivity index (χ4n) is 2.72. The van der Waals surface area contributed by atoms with E-state index in [1.807, 2.05) is 0 Å². The van der Waals surface area contributed by atoms with Crippen molar-refractivity contribution in [3.05, 3.63) is 0 Å². The molecule has 0 aromatic rings. The third-order valence-corrected chi connectivity index (χ3v) is 7.10. The number of hydrogen-bond acceptors (Lipinski definition) is 10. The summed E-state index contributed by atoms with van der Waals surface area (Å²) >= 11 is 0. The van der Waals surface area contributed by atoms with Gasteiger partial charge >= 0.3 is 18.0 Å². The summed E-state index contributed by atoms with van der Waals surface area (Å²) in [4.78, 5) is 50.2. The van der Waals surface area contributed by atoms with Gasteiger partial charge in [0.1, 0.15) is 18.2 Å². The molecule has 1 aliphatic rings. The Morgan fingerprint density at radius 1 is 1.03 bits per heavy atom. The molecule has 1 aliphatic heterocycles. The molecule has 0 spiro atoms. The molecule has 2 atom stereocenters. The Hall–Kier alpha value is -1.50. The summed E-state index contributed by atoms with van der Waals surface area (Å²) < 4.78 is 9.59. The van der Waals surface area contributed by atoms with Crippen molar-refractivity contribution in [2.45, 2.75) is 57.8 Å². The third kappa shape index (κ3) is 8.51. The van der Waals surface area contributed by atoms with Crippen LogP contribution in [0, 0.1) is 0 Å². The van der Waals surface area contributed by atoms with Crippen molar-refractivity contribution in [1.82, 2.24) is 9.80 Å². The highest BCUT2D eigenvalue weighted by Crippen LogP contribution is 2.28. The molecule has 0 radical (unpaired) electrons. The standard InChI is InChI=1S/C19H32N2O8S2/c1-5-13(22)10-20-17(26)19(2,3)21(18(20)27)11-14(23)12-29-16(25)7-9-31-30-8-6-15(24)28-4/h13-14,22-23H,5-12H2,1-4H3. The zero-order chi connectivity index (χ0) is 23.6. The Morgan fingerprint density at radius 2 is 1.61 bits per heavy atom. The number of esters is 2. The maximum absolute atomic E-state index is 12.6. The van der Waals surface area contributed by atoms with Gasteiger partial charge in [0.05, 0.1) is 39.1 Å². The Kier molecular flexibility index (Phi) is 11.7. The van der Waals surface area contributed by atoms with E-state index in [0.717, 1.165) is 4.90 Å². The predicted octanol–water partition coefficient (Wildman–Crippen LogP) is 1.04. The minimum absolute atomic E-state index is 0.103. The molecule has 0 aromatic heterocycles. The third-order valence-electron chi connectivity index (χ3n) is 4.69. The number of aliphatic hydroxyl groups is 2. The van der Waals surface area contributed by atoms with Gasteiger partial charge in [0.2, 0.25) is 0 Å². The van der Waals surface area contributed by atoms with Crippen molar-refractivity contribution < 1.29 is 38.9 Å². The fourth-order valence-corrected chi connectivity index (χ4v) is 4.66. The predicted molar refractivity (Wildman–Crippen MR) is 117 cm³/mol. The highest BCUT2D eigenvalue weighted by Gasteiger charge is 2.51. The maximum atomic E-state index is 12.6. The highest BCUT2D eigenvalue weighted by atomic mass is 33.1. The fraction of sp³-hybridized carbons (Fsp3) is 0.789. The molecule has 1 fully saturated rings. The molecule has 31 heavy (non-hydrogen) atoms. The van der Waals surface area contributed by atoms with Crippen LogP contribution in [0.5, 0.6) is 0 Å². The lowest BCUT2D eigenvalue weighted by molar-refractivity contribution is -0.146. The molecule has 10 nitrogen and oxygen atoms in total. The Bertz CT molecular complexity index is 646. The summed E-state index contributed by atoms with van der Waals surface area (Å²) in [7, 11) is 4.21. The molecule has 1 heterocycles. The average Bonchev–Trinajstić information content (AvgIpc) is 2.89. The van der Waals surface area contributed by atoms with E-state index in [0.29, 0.717) is 24.3 Å². The summed E-state index contributed by atoms with van der Waals surface area (Å²) in [5, 5.41) is 20.0. The molecule has 2 unspecified atom stereocenters. The number of carbonyl (C=O) groups is 4. The van der Waals surface area contributed by atoms with Crippen LogP contribution in [0.1, 0.15) is 40.0 Å². The Balaban J connectivity index is 2.38. The maximum Gasteiger partial charge on any atom is 0.327 e. The van der Waals surface area contributed by atoms with Gasteiger partial charge in [0, 0.05) is 11.5 Å². The van der Waals surface area contributed by atoms with Crippen LogP contribution in [-0.2, 0) is 23.9 Å². The quantitative estimate of drug-likeness (QED) is 0.161. The van der Waals surface area contributed by atoms with E-state index in [9.17, 15) is 29.4 Å². The lowest BCUT2D eigenvalue weighted by Gasteiger charge is -2.29. The van der Waals surface area contributed by atoms with Crippen LogP contribution in [0.15, 0.2) is 0 Å². The molecular formula is C19H32N2O8S2. The average molecular weight is 481 g/mol. The number of rotatable bonds is 14. The smallest absolute Gasteiger partial charge is 0.327 e. The minimum Gasteiger partial charge on any atom is -0.469 e. The van der Waals surface area contributed by atoms with Crippen molar-refractivity contribution in [3.63, 3.8) is 0 Å². The number of nitrogens with zero attached hydrogens (tertiary/aromatic N) is 2. The topological polar surface area (TPSA) is 134 Å². The van der Waals surface area contributed by atoms with Crippen LogP contribution in [0.3, 0.4) is 0 Å². The second-order valence-corrected chi connectivity index (χ2v) is 10.2. The minimum atomic E-state index is -1.17. The van der Waals surface area contributed by atoms with Crippen molar-refractivity contribution in [3.8, 4) is 0 Å². The first-order valence-corrected chi connectivity index (χ1v) is 12.5. The SMILES string of the molecule is CCC(O)CN1C(=O)N(CC(O)COC(=O)CCSSCCC(=O)OC)C(C)(C)C1=O. The van der Waals surface area contributed by atoms with Gasteiger partial charge < -0.3 is 24.6 Å². The number of aliphatic hydroxyl groups excluding tert-OH is 2. The normalized spacial score (nSPS) is 17.6. The first-order valence-electron chi connectivity index (χ1n) is 10.0. The number of imide groups is 1.